The molecule has 0 aliphatic carbocycles. The second kappa shape index (κ2) is 5.92. The highest BCUT2D eigenvalue weighted by Crippen LogP contribution is 2.33. The number of pyridine rings is 1. The Kier molecular flexibility index (Phi) is 4.44. The Bertz CT molecular complexity index is 569. The van der Waals surface area contributed by atoms with Crippen molar-refractivity contribution in [2.24, 2.45) is 11.3 Å². The van der Waals surface area contributed by atoms with Crippen molar-refractivity contribution in [2.45, 2.75) is 40.2 Å². The van der Waals surface area contributed by atoms with Gasteiger partial charge in [-0.25, -0.2) is 0 Å². The molecular formula is C18H26N2. The van der Waals surface area contributed by atoms with E-state index in [-0.39, 0.29) is 0 Å². The van der Waals surface area contributed by atoms with Gasteiger partial charge in [0.05, 0.1) is 5.52 Å². The Balaban J connectivity index is 2.25. The van der Waals surface area contributed by atoms with Crippen LogP contribution in [-0.2, 0) is 0 Å². The maximum Gasteiger partial charge on any atom is 0.0705 e. The van der Waals surface area contributed by atoms with E-state index in [9.17, 15) is 0 Å². The van der Waals surface area contributed by atoms with Crippen LogP contribution in [-0.4, -0.2) is 12.0 Å². The maximum atomic E-state index is 4.46. The highest BCUT2D eigenvalue weighted by atomic mass is 14.9. The van der Waals surface area contributed by atoms with Crippen LogP contribution in [0, 0.1) is 11.3 Å². The van der Waals surface area contributed by atoms with Crippen molar-refractivity contribution in [3.63, 3.8) is 0 Å². The first-order valence-electron chi connectivity index (χ1n) is 7.44. The molecule has 0 bridgehead atoms. The summed E-state index contributed by atoms with van der Waals surface area (Å²) < 4.78 is 0. The van der Waals surface area contributed by atoms with Gasteiger partial charge in [0.15, 0.2) is 0 Å². The van der Waals surface area contributed by atoms with Crippen LogP contribution in [0.1, 0.15) is 45.7 Å². The first kappa shape index (κ1) is 15.0. The standard InChI is InChI=1S/C18H26N2/c1-13(18(2,3)4)11-16(19-5)15-9-8-14-7-6-10-20-17(14)12-15/h6-10,12-13,16,19H,11H2,1-5H3. The molecule has 1 heterocycles. The summed E-state index contributed by atoms with van der Waals surface area (Å²) in [6, 6.07) is 11.1. The molecule has 0 saturated heterocycles. The van der Waals surface area contributed by atoms with Crippen molar-refractivity contribution < 1.29 is 0 Å². The summed E-state index contributed by atoms with van der Waals surface area (Å²) in [5.41, 5.74) is 2.74. The lowest BCUT2D eigenvalue weighted by atomic mass is 9.77. The minimum atomic E-state index is 0.337. The second-order valence-corrected chi connectivity index (χ2v) is 6.80. The van der Waals surface area contributed by atoms with Gasteiger partial charge in [0, 0.05) is 17.6 Å². The lowest BCUT2D eigenvalue weighted by Crippen LogP contribution is -2.25. The number of hydrogen-bond donors (Lipinski definition) is 1. The zero-order valence-electron chi connectivity index (χ0n) is 13.3. The molecule has 0 amide bonds. The third kappa shape index (κ3) is 3.37. The Morgan fingerprint density at radius 3 is 2.60 bits per heavy atom. The summed E-state index contributed by atoms with van der Waals surface area (Å²) in [7, 11) is 2.04. The number of fused-ring (bicyclic) bond motifs is 1. The fourth-order valence-electron chi connectivity index (χ4n) is 2.43. The van der Waals surface area contributed by atoms with Gasteiger partial charge in [-0.3, -0.25) is 4.98 Å². The molecule has 1 N–H and O–H groups in total. The topological polar surface area (TPSA) is 24.9 Å². The lowest BCUT2D eigenvalue weighted by molar-refractivity contribution is 0.226. The van der Waals surface area contributed by atoms with E-state index in [2.05, 4.69) is 62.3 Å². The fourth-order valence-corrected chi connectivity index (χ4v) is 2.43. The minimum absolute atomic E-state index is 0.337. The minimum Gasteiger partial charge on any atom is -0.313 e. The highest BCUT2D eigenvalue weighted by Gasteiger charge is 2.23. The molecule has 0 aliphatic heterocycles. The largest absolute Gasteiger partial charge is 0.313 e. The number of nitrogens with one attached hydrogen (secondary N) is 1. The summed E-state index contributed by atoms with van der Waals surface area (Å²) >= 11 is 0. The fraction of sp³-hybridized carbons (Fsp3) is 0.500. The van der Waals surface area contributed by atoms with Crippen molar-refractivity contribution in [1.29, 1.82) is 0 Å². The van der Waals surface area contributed by atoms with Gasteiger partial charge in [0.2, 0.25) is 0 Å². The van der Waals surface area contributed by atoms with Crippen LogP contribution < -0.4 is 5.32 Å². The van der Waals surface area contributed by atoms with Gasteiger partial charge in [-0.15, -0.1) is 0 Å². The molecule has 2 nitrogen and oxygen atoms in total. The zero-order valence-corrected chi connectivity index (χ0v) is 13.3. The van der Waals surface area contributed by atoms with Crippen LogP contribution in [0.2, 0.25) is 0 Å². The number of benzene rings is 1. The number of nitrogens with zero attached hydrogens (tertiary/aromatic N) is 1. The van der Waals surface area contributed by atoms with E-state index < -0.39 is 0 Å². The van der Waals surface area contributed by atoms with Gasteiger partial charge in [0.25, 0.3) is 0 Å². The van der Waals surface area contributed by atoms with E-state index in [1.807, 2.05) is 19.3 Å². The first-order chi connectivity index (χ1) is 9.41. The molecular weight excluding hydrogens is 244 g/mol. The zero-order chi connectivity index (χ0) is 14.8. The van der Waals surface area contributed by atoms with Crippen LogP contribution >= 0.6 is 0 Å². The summed E-state index contributed by atoms with van der Waals surface area (Å²) in [5.74, 6) is 0.652. The smallest absolute Gasteiger partial charge is 0.0705 e. The van der Waals surface area contributed by atoms with Crippen LogP contribution in [0.15, 0.2) is 36.5 Å². The van der Waals surface area contributed by atoms with Gasteiger partial charge in [-0.2, -0.15) is 0 Å². The molecule has 108 valence electrons. The van der Waals surface area contributed by atoms with E-state index in [0.717, 1.165) is 11.9 Å². The molecule has 0 spiro atoms. The van der Waals surface area contributed by atoms with Crippen LogP contribution in [0.25, 0.3) is 10.9 Å². The predicted molar refractivity (Wildman–Crippen MR) is 86.8 cm³/mol. The maximum absolute atomic E-state index is 4.46. The summed E-state index contributed by atoms with van der Waals surface area (Å²) in [4.78, 5) is 4.46. The average Bonchev–Trinajstić information content (AvgIpc) is 2.43. The lowest BCUT2D eigenvalue weighted by Gasteiger charge is -2.31. The van der Waals surface area contributed by atoms with Crippen LogP contribution in [0.5, 0.6) is 0 Å². The molecule has 20 heavy (non-hydrogen) atoms. The molecule has 0 fully saturated rings. The molecule has 2 rings (SSSR count). The molecule has 2 heteroatoms. The van der Waals surface area contributed by atoms with Crippen LogP contribution in [0.3, 0.4) is 0 Å². The van der Waals surface area contributed by atoms with Crippen LogP contribution in [0.4, 0.5) is 0 Å². The van der Waals surface area contributed by atoms with E-state index in [0.29, 0.717) is 17.4 Å². The highest BCUT2D eigenvalue weighted by molar-refractivity contribution is 5.78. The number of aromatic nitrogens is 1. The Morgan fingerprint density at radius 2 is 1.95 bits per heavy atom. The average molecular weight is 270 g/mol. The SMILES string of the molecule is CNC(CC(C)C(C)(C)C)c1ccc2cccnc2c1. The Hall–Kier alpha value is -1.41. The van der Waals surface area contributed by atoms with Crippen molar-refractivity contribution in [1.82, 2.24) is 10.3 Å². The summed E-state index contributed by atoms with van der Waals surface area (Å²) in [5, 5.41) is 4.66. The molecule has 2 atom stereocenters. The molecule has 0 saturated carbocycles. The predicted octanol–water partition coefficient (Wildman–Crippen LogP) is 4.57. The molecule has 0 aliphatic rings. The van der Waals surface area contributed by atoms with Gasteiger partial charge < -0.3 is 5.32 Å². The molecule has 1 aromatic carbocycles. The second-order valence-electron chi connectivity index (χ2n) is 6.80. The van der Waals surface area contributed by atoms with E-state index in [4.69, 9.17) is 0 Å². The summed E-state index contributed by atoms with van der Waals surface area (Å²) in [6.45, 7) is 9.27. The van der Waals surface area contributed by atoms with E-state index in [1.165, 1.54) is 10.9 Å². The third-order valence-corrected chi connectivity index (χ3v) is 4.45. The van der Waals surface area contributed by atoms with Crippen molar-refractivity contribution in [2.75, 3.05) is 7.05 Å². The van der Waals surface area contributed by atoms with Crippen molar-refractivity contribution >= 4 is 10.9 Å². The molecule has 2 aromatic rings. The van der Waals surface area contributed by atoms with E-state index in [1.54, 1.807) is 0 Å². The Morgan fingerprint density at radius 1 is 1.20 bits per heavy atom. The summed E-state index contributed by atoms with van der Waals surface area (Å²) in [6.07, 6.45) is 3.00. The third-order valence-electron chi connectivity index (χ3n) is 4.45. The normalized spacial score (nSPS) is 15.2. The van der Waals surface area contributed by atoms with Gasteiger partial charge in [-0.05, 0) is 42.5 Å². The van der Waals surface area contributed by atoms with Gasteiger partial charge in [-0.1, -0.05) is 45.9 Å². The molecule has 1 aromatic heterocycles. The number of rotatable bonds is 4. The van der Waals surface area contributed by atoms with Gasteiger partial charge in [0.1, 0.15) is 0 Å². The quantitative estimate of drug-likeness (QED) is 0.880. The molecule has 2 unspecified atom stereocenters. The first-order valence-corrected chi connectivity index (χ1v) is 7.44. The van der Waals surface area contributed by atoms with E-state index >= 15 is 0 Å². The monoisotopic (exact) mass is 270 g/mol. The van der Waals surface area contributed by atoms with Crippen molar-refractivity contribution in [3.05, 3.63) is 42.1 Å². The Labute approximate surface area is 122 Å². The number of hydrogen-bond acceptors (Lipinski definition) is 2. The molecule has 0 radical (unpaired) electrons. The van der Waals surface area contributed by atoms with Crippen molar-refractivity contribution in [3.8, 4) is 0 Å². The van der Waals surface area contributed by atoms with Gasteiger partial charge >= 0.3 is 0 Å².